The highest BCUT2D eigenvalue weighted by atomic mass is 16.2. The third-order valence-corrected chi connectivity index (χ3v) is 4.27. The summed E-state index contributed by atoms with van der Waals surface area (Å²) in [6.07, 6.45) is 3.35. The van der Waals surface area contributed by atoms with E-state index in [1.165, 1.54) is 0 Å². The molecule has 1 aliphatic heterocycles. The van der Waals surface area contributed by atoms with Crippen LogP contribution in [0.1, 0.15) is 12.8 Å². The van der Waals surface area contributed by atoms with E-state index in [9.17, 15) is 4.79 Å². The van der Waals surface area contributed by atoms with Crippen molar-refractivity contribution >= 4 is 23.4 Å². The fourth-order valence-corrected chi connectivity index (χ4v) is 2.83. The third-order valence-electron chi connectivity index (χ3n) is 4.27. The van der Waals surface area contributed by atoms with Crippen LogP contribution in [0.5, 0.6) is 0 Å². The molecule has 2 amide bonds. The number of benzene rings is 1. The number of nitrogens with zero attached hydrogens (tertiary/aromatic N) is 4. The normalized spacial score (nSPS) is 14.9. The predicted molar refractivity (Wildman–Crippen MR) is 100 cm³/mol. The lowest BCUT2D eigenvalue weighted by molar-refractivity contribution is 0.197. The molecule has 2 heterocycles. The number of rotatable bonds is 4. The maximum Gasteiger partial charge on any atom is 0.321 e. The zero-order valence-electron chi connectivity index (χ0n) is 14.6. The molecular weight excluding hydrogens is 316 g/mol. The Hall–Kier alpha value is -2.83. The number of carbonyl (C=O) groups is 1. The summed E-state index contributed by atoms with van der Waals surface area (Å²) in [5, 5.41) is 6.39. The van der Waals surface area contributed by atoms with Crippen LogP contribution in [0, 0.1) is 0 Å². The van der Waals surface area contributed by atoms with Gasteiger partial charge in [0.05, 0.1) is 0 Å². The molecule has 0 unspecified atom stereocenters. The number of likely N-dealkylation sites (tertiary alicyclic amines) is 1. The minimum Gasteiger partial charge on any atom is -0.367 e. The number of amides is 2. The lowest BCUT2D eigenvalue weighted by atomic mass is 10.1. The first kappa shape index (κ1) is 17.0. The Labute approximate surface area is 148 Å². The Morgan fingerprint density at radius 1 is 1.16 bits per heavy atom. The zero-order chi connectivity index (χ0) is 17.6. The molecule has 0 aliphatic carbocycles. The third kappa shape index (κ3) is 4.59. The quantitative estimate of drug-likeness (QED) is 0.895. The standard InChI is InChI=1S/C18H24N6O/c1-23(2)17-12-16(19-13-20-17)21-15-8-10-24(11-9-15)18(25)22-14-6-4-3-5-7-14/h3-7,12-13,15H,8-11H2,1-2H3,(H,22,25)(H,19,20,21). The number of hydrogen-bond donors (Lipinski definition) is 2. The van der Waals surface area contributed by atoms with Gasteiger partial charge in [-0.2, -0.15) is 0 Å². The van der Waals surface area contributed by atoms with Crippen LogP contribution in [0.3, 0.4) is 0 Å². The van der Waals surface area contributed by atoms with Crippen LogP contribution in [0.4, 0.5) is 22.1 Å². The molecule has 1 fully saturated rings. The van der Waals surface area contributed by atoms with E-state index in [1.54, 1.807) is 6.33 Å². The number of para-hydroxylation sites is 1. The molecule has 0 saturated carbocycles. The van der Waals surface area contributed by atoms with Gasteiger partial charge in [-0.3, -0.25) is 0 Å². The van der Waals surface area contributed by atoms with Gasteiger partial charge in [-0.1, -0.05) is 18.2 Å². The molecule has 1 aromatic heterocycles. The van der Waals surface area contributed by atoms with Crippen molar-refractivity contribution in [2.24, 2.45) is 0 Å². The van der Waals surface area contributed by atoms with Crippen molar-refractivity contribution in [1.29, 1.82) is 0 Å². The lowest BCUT2D eigenvalue weighted by Gasteiger charge is -2.32. The van der Waals surface area contributed by atoms with E-state index in [0.717, 1.165) is 43.3 Å². The summed E-state index contributed by atoms with van der Waals surface area (Å²) in [5.74, 6) is 1.70. The van der Waals surface area contributed by atoms with Crippen molar-refractivity contribution in [3.8, 4) is 0 Å². The van der Waals surface area contributed by atoms with Crippen molar-refractivity contribution in [2.45, 2.75) is 18.9 Å². The fourth-order valence-electron chi connectivity index (χ4n) is 2.83. The van der Waals surface area contributed by atoms with Gasteiger partial charge >= 0.3 is 6.03 Å². The van der Waals surface area contributed by atoms with Gasteiger partial charge in [0, 0.05) is 45.0 Å². The second kappa shape index (κ2) is 7.83. The smallest absolute Gasteiger partial charge is 0.321 e. The number of hydrogen-bond acceptors (Lipinski definition) is 5. The van der Waals surface area contributed by atoms with E-state index in [4.69, 9.17) is 0 Å². The van der Waals surface area contributed by atoms with Crippen LogP contribution in [0.2, 0.25) is 0 Å². The predicted octanol–water partition coefficient (Wildman–Crippen LogP) is 2.65. The summed E-state index contributed by atoms with van der Waals surface area (Å²) in [4.78, 5) is 24.6. The van der Waals surface area contributed by atoms with Crippen LogP contribution in [-0.4, -0.2) is 54.1 Å². The van der Waals surface area contributed by atoms with Crippen LogP contribution in [0.15, 0.2) is 42.7 Å². The summed E-state index contributed by atoms with van der Waals surface area (Å²) in [5.41, 5.74) is 0.824. The van der Waals surface area contributed by atoms with E-state index in [0.29, 0.717) is 6.04 Å². The van der Waals surface area contributed by atoms with E-state index in [-0.39, 0.29) is 6.03 Å². The number of anilines is 3. The van der Waals surface area contributed by atoms with Crippen molar-refractivity contribution in [1.82, 2.24) is 14.9 Å². The summed E-state index contributed by atoms with van der Waals surface area (Å²) in [6.45, 7) is 1.45. The number of urea groups is 1. The molecule has 7 nitrogen and oxygen atoms in total. The molecular formula is C18H24N6O. The molecule has 0 bridgehead atoms. The van der Waals surface area contributed by atoms with Crippen LogP contribution in [0.25, 0.3) is 0 Å². The van der Waals surface area contributed by atoms with Gasteiger partial charge in [-0.05, 0) is 25.0 Å². The first-order chi connectivity index (χ1) is 12.1. The first-order valence-electron chi connectivity index (χ1n) is 8.49. The van der Waals surface area contributed by atoms with Gasteiger partial charge < -0.3 is 20.4 Å². The minimum atomic E-state index is -0.0402. The van der Waals surface area contributed by atoms with Crippen LogP contribution in [-0.2, 0) is 0 Å². The molecule has 2 N–H and O–H groups in total. The zero-order valence-corrected chi connectivity index (χ0v) is 14.6. The van der Waals surface area contributed by atoms with Crippen molar-refractivity contribution in [3.63, 3.8) is 0 Å². The Kier molecular flexibility index (Phi) is 5.33. The largest absolute Gasteiger partial charge is 0.367 e. The van der Waals surface area contributed by atoms with E-state index < -0.39 is 0 Å². The second-order valence-electron chi connectivity index (χ2n) is 6.36. The molecule has 25 heavy (non-hydrogen) atoms. The highest BCUT2D eigenvalue weighted by molar-refractivity contribution is 5.89. The molecule has 0 spiro atoms. The maximum atomic E-state index is 12.3. The molecule has 2 aromatic rings. The van der Waals surface area contributed by atoms with Gasteiger partial charge in [0.15, 0.2) is 0 Å². The first-order valence-corrected chi connectivity index (χ1v) is 8.49. The van der Waals surface area contributed by atoms with E-state index in [1.807, 2.05) is 60.3 Å². The maximum absolute atomic E-state index is 12.3. The van der Waals surface area contributed by atoms with Crippen molar-refractivity contribution < 1.29 is 4.79 Å². The average molecular weight is 340 g/mol. The topological polar surface area (TPSA) is 73.4 Å². The molecule has 1 aliphatic rings. The Morgan fingerprint density at radius 3 is 2.56 bits per heavy atom. The molecule has 3 rings (SSSR count). The summed E-state index contributed by atoms with van der Waals surface area (Å²) in [6, 6.07) is 11.8. The van der Waals surface area contributed by atoms with Crippen molar-refractivity contribution in [2.75, 3.05) is 42.7 Å². The van der Waals surface area contributed by atoms with Crippen molar-refractivity contribution in [3.05, 3.63) is 42.7 Å². The SMILES string of the molecule is CN(C)c1cc(NC2CCN(C(=O)Nc3ccccc3)CC2)ncn1. The van der Waals surface area contributed by atoms with Gasteiger partial charge in [0.2, 0.25) is 0 Å². The number of carbonyl (C=O) groups excluding carboxylic acids is 1. The second-order valence-corrected chi connectivity index (χ2v) is 6.36. The number of nitrogens with one attached hydrogen (secondary N) is 2. The van der Waals surface area contributed by atoms with E-state index in [2.05, 4.69) is 20.6 Å². The Morgan fingerprint density at radius 2 is 1.88 bits per heavy atom. The summed E-state index contributed by atoms with van der Waals surface area (Å²) < 4.78 is 0. The highest BCUT2D eigenvalue weighted by Gasteiger charge is 2.23. The highest BCUT2D eigenvalue weighted by Crippen LogP contribution is 2.18. The minimum absolute atomic E-state index is 0.0402. The molecule has 132 valence electrons. The summed E-state index contributed by atoms with van der Waals surface area (Å²) >= 11 is 0. The van der Waals surface area contributed by atoms with Gasteiger partial charge in [-0.15, -0.1) is 0 Å². The monoisotopic (exact) mass is 340 g/mol. The Balaban J connectivity index is 1.50. The van der Waals surface area contributed by atoms with Gasteiger partial charge in [0.25, 0.3) is 0 Å². The lowest BCUT2D eigenvalue weighted by Crippen LogP contribution is -2.44. The molecule has 0 radical (unpaired) electrons. The van der Waals surface area contributed by atoms with Crippen LogP contribution < -0.4 is 15.5 Å². The average Bonchev–Trinajstić information content (AvgIpc) is 2.63. The number of piperidine rings is 1. The van der Waals surface area contributed by atoms with Gasteiger partial charge in [0.1, 0.15) is 18.0 Å². The van der Waals surface area contributed by atoms with Gasteiger partial charge in [-0.25, -0.2) is 14.8 Å². The number of aromatic nitrogens is 2. The molecule has 7 heteroatoms. The molecule has 0 atom stereocenters. The fraction of sp³-hybridized carbons (Fsp3) is 0.389. The van der Waals surface area contributed by atoms with Crippen LogP contribution >= 0.6 is 0 Å². The molecule has 1 aromatic carbocycles. The summed E-state index contributed by atoms with van der Waals surface area (Å²) in [7, 11) is 3.91. The Bertz CT molecular complexity index is 698. The molecule has 1 saturated heterocycles. The van der Waals surface area contributed by atoms with E-state index >= 15 is 0 Å².